The highest BCUT2D eigenvalue weighted by atomic mass is 35.5. The van der Waals surface area contributed by atoms with Gasteiger partial charge in [0.15, 0.2) is 0 Å². The molecular weight excluding hydrogens is 407 g/mol. The minimum Gasteiger partial charge on any atom is -0.486 e. The van der Waals surface area contributed by atoms with Crippen molar-refractivity contribution >= 4 is 23.2 Å². The molecule has 1 saturated heterocycles. The summed E-state index contributed by atoms with van der Waals surface area (Å²) in [6.45, 7) is 5.27. The van der Waals surface area contributed by atoms with E-state index in [4.69, 9.17) is 16.3 Å². The Morgan fingerprint density at radius 1 is 1.27 bits per heavy atom. The third-order valence-corrected chi connectivity index (χ3v) is 5.49. The fraction of sp³-hybridized carbons (Fsp3) is 0.435. The number of nitrogens with zero attached hydrogens (tertiary/aromatic N) is 1. The predicted molar refractivity (Wildman–Crippen MR) is 116 cm³/mol. The summed E-state index contributed by atoms with van der Waals surface area (Å²) < 4.78 is 19.3. The van der Waals surface area contributed by atoms with Crippen LogP contribution in [0.2, 0.25) is 5.02 Å². The monoisotopic (exact) mass is 434 g/mol. The van der Waals surface area contributed by atoms with Crippen molar-refractivity contribution in [1.82, 2.24) is 4.90 Å². The minimum atomic E-state index is -1.01. The second-order valence-electron chi connectivity index (χ2n) is 8.30. The Morgan fingerprint density at radius 2 is 1.93 bits per heavy atom. The van der Waals surface area contributed by atoms with Crippen LogP contribution in [0.3, 0.4) is 0 Å². The van der Waals surface area contributed by atoms with Crippen LogP contribution in [0, 0.1) is 11.7 Å². The molecule has 2 aromatic rings. The Kier molecular flexibility index (Phi) is 7.34. The van der Waals surface area contributed by atoms with Crippen LogP contribution in [0.1, 0.15) is 26.7 Å². The maximum absolute atomic E-state index is 13.2. The van der Waals surface area contributed by atoms with Crippen LogP contribution in [0.25, 0.3) is 0 Å². The molecule has 1 fully saturated rings. The van der Waals surface area contributed by atoms with Crippen LogP contribution < -0.4 is 10.1 Å². The number of nitrogens with one attached hydrogen (secondary N) is 1. The molecule has 0 saturated carbocycles. The summed E-state index contributed by atoms with van der Waals surface area (Å²) in [7, 11) is 0. The summed E-state index contributed by atoms with van der Waals surface area (Å²) in [5.74, 6) is 0.293. The first-order valence-corrected chi connectivity index (χ1v) is 10.5. The smallest absolute Gasteiger partial charge is 0.238 e. The van der Waals surface area contributed by atoms with E-state index < -0.39 is 11.7 Å². The van der Waals surface area contributed by atoms with Crippen LogP contribution in [0.15, 0.2) is 48.5 Å². The van der Waals surface area contributed by atoms with Crippen LogP contribution in [0.4, 0.5) is 10.1 Å². The van der Waals surface area contributed by atoms with Gasteiger partial charge in [-0.25, -0.2) is 4.39 Å². The summed E-state index contributed by atoms with van der Waals surface area (Å²) in [5.41, 5.74) is -0.331. The zero-order valence-corrected chi connectivity index (χ0v) is 18.0. The van der Waals surface area contributed by atoms with E-state index in [1.54, 1.807) is 36.4 Å². The fourth-order valence-corrected chi connectivity index (χ4v) is 3.98. The topological polar surface area (TPSA) is 61.8 Å². The van der Waals surface area contributed by atoms with Crippen LogP contribution in [0.5, 0.6) is 5.75 Å². The number of hydrogen-bond donors (Lipinski definition) is 2. The standard InChI is InChI=1S/C23H28ClFN2O3/c1-16(2)13-23(29)11-12-27(14-21(23)30-20-9-5-18(25)6-10-20)15-22(28)26-19-7-3-17(24)4-8-19/h3-10,16,21,29H,11-15H2,1-2H3,(H,26,28)/t21-,23+/m0/s1. The molecule has 1 amide bonds. The normalized spacial score (nSPS) is 22.1. The molecule has 1 aliphatic heterocycles. The molecule has 2 atom stereocenters. The molecule has 1 heterocycles. The van der Waals surface area contributed by atoms with Gasteiger partial charge in [0.05, 0.1) is 6.54 Å². The number of anilines is 1. The Hall–Kier alpha value is -2.15. The van der Waals surface area contributed by atoms with E-state index in [2.05, 4.69) is 19.2 Å². The SMILES string of the molecule is CC(C)C[C@]1(O)CCN(CC(=O)Nc2ccc(Cl)cc2)C[C@@H]1Oc1ccc(F)cc1. The van der Waals surface area contributed by atoms with Gasteiger partial charge >= 0.3 is 0 Å². The van der Waals surface area contributed by atoms with Crippen LogP contribution in [-0.2, 0) is 4.79 Å². The molecule has 7 heteroatoms. The van der Waals surface area contributed by atoms with Crippen LogP contribution >= 0.6 is 11.6 Å². The number of carbonyl (C=O) groups excluding carboxylic acids is 1. The van der Waals surface area contributed by atoms with Gasteiger partial charge < -0.3 is 15.2 Å². The van der Waals surface area contributed by atoms with E-state index in [-0.39, 0.29) is 24.2 Å². The average molecular weight is 435 g/mol. The lowest BCUT2D eigenvalue weighted by molar-refractivity contribution is -0.129. The Labute approximate surface area is 181 Å². The molecule has 30 heavy (non-hydrogen) atoms. The number of piperidine rings is 1. The lowest BCUT2D eigenvalue weighted by Gasteiger charge is -2.45. The Balaban J connectivity index is 1.66. The van der Waals surface area contributed by atoms with Gasteiger partial charge in [0.1, 0.15) is 23.3 Å². The number of benzene rings is 2. The van der Waals surface area contributed by atoms with E-state index in [0.29, 0.717) is 42.4 Å². The van der Waals surface area contributed by atoms with E-state index in [0.717, 1.165) is 0 Å². The highest BCUT2D eigenvalue weighted by Crippen LogP contribution is 2.32. The van der Waals surface area contributed by atoms with Crippen molar-refractivity contribution in [2.45, 2.75) is 38.4 Å². The quantitative estimate of drug-likeness (QED) is 0.680. The van der Waals surface area contributed by atoms with Gasteiger partial charge in [0.25, 0.3) is 0 Å². The zero-order chi connectivity index (χ0) is 21.7. The molecule has 0 spiro atoms. The minimum absolute atomic E-state index is 0.146. The third-order valence-electron chi connectivity index (χ3n) is 5.23. The van der Waals surface area contributed by atoms with Gasteiger partial charge in [0.2, 0.25) is 5.91 Å². The van der Waals surface area contributed by atoms with E-state index in [1.165, 1.54) is 12.1 Å². The summed E-state index contributed by atoms with van der Waals surface area (Å²) in [5, 5.41) is 14.8. The van der Waals surface area contributed by atoms with Crippen molar-refractivity contribution in [1.29, 1.82) is 0 Å². The van der Waals surface area contributed by atoms with Crippen molar-refractivity contribution in [2.24, 2.45) is 5.92 Å². The first kappa shape index (κ1) is 22.5. The van der Waals surface area contributed by atoms with Gasteiger partial charge in [0, 0.05) is 23.8 Å². The number of ether oxygens (including phenoxy) is 1. The fourth-order valence-electron chi connectivity index (χ4n) is 3.85. The van der Waals surface area contributed by atoms with Gasteiger partial charge in [-0.2, -0.15) is 0 Å². The Morgan fingerprint density at radius 3 is 2.57 bits per heavy atom. The summed E-state index contributed by atoms with van der Waals surface area (Å²) in [4.78, 5) is 14.4. The Bertz CT molecular complexity index is 845. The number of amides is 1. The zero-order valence-electron chi connectivity index (χ0n) is 17.3. The molecule has 1 aliphatic rings. The molecule has 0 radical (unpaired) electrons. The number of rotatable bonds is 7. The maximum atomic E-state index is 13.2. The highest BCUT2D eigenvalue weighted by molar-refractivity contribution is 6.30. The lowest BCUT2D eigenvalue weighted by Crippen LogP contribution is -2.59. The molecule has 0 unspecified atom stereocenters. The van der Waals surface area contributed by atoms with Crippen molar-refractivity contribution < 1.29 is 19.0 Å². The van der Waals surface area contributed by atoms with Gasteiger partial charge in [-0.3, -0.25) is 9.69 Å². The predicted octanol–water partition coefficient (Wildman–Crippen LogP) is 4.35. The average Bonchev–Trinajstić information content (AvgIpc) is 2.68. The number of halogens is 2. The molecule has 5 nitrogen and oxygen atoms in total. The highest BCUT2D eigenvalue weighted by Gasteiger charge is 2.43. The second kappa shape index (κ2) is 9.77. The molecular formula is C23H28ClFN2O3. The number of carbonyl (C=O) groups is 1. The van der Waals surface area contributed by atoms with Gasteiger partial charge in [-0.05, 0) is 67.3 Å². The summed E-state index contributed by atoms with van der Waals surface area (Å²) in [6.07, 6.45) is 0.553. The maximum Gasteiger partial charge on any atom is 0.238 e. The van der Waals surface area contributed by atoms with Crippen molar-refractivity contribution in [2.75, 3.05) is 25.0 Å². The van der Waals surface area contributed by atoms with Gasteiger partial charge in [-0.1, -0.05) is 25.4 Å². The summed E-state index contributed by atoms with van der Waals surface area (Å²) in [6, 6.07) is 12.7. The molecule has 162 valence electrons. The van der Waals surface area contributed by atoms with Crippen molar-refractivity contribution in [3.05, 3.63) is 59.4 Å². The van der Waals surface area contributed by atoms with Crippen LogP contribution in [-0.4, -0.2) is 47.3 Å². The first-order chi connectivity index (χ1) is 14.2. The van der Waals surface area contributed by atoms with Crippen molar-refractivity contribution in [3.63, 3.8) is 0 Å². The molecule has 0 bridgehead atoms. The van der Waals surface area contributed by atoms with Crippen molar-refractivity contribution in [3.8, 4) is 5.75 Å². The van der Waals surface area contributed by atoms with E-state index >= 15 is 0 Å². The second-order valence-corrected chi connectivity index (χ2v) is 8.74. The number of aliphatic hydroxyl groups is 1. The molecule has 2 aromatic carbocycles. The third kappa shape index (κ3) is 6.17. The first-order valence-electron chi connectivity index (χ1n) is 10.2. The number of likely N-dealkylation sites (tertiary alicyclic amines) is 1. The molecule has 0 aromatic heterocycles. The lowest BCUT2D eigenvalue weighted by atomic mass is 9.81. The van der Waals surface area contributed by atoms with E-state index in [1.807, 2.05) is 4.90 Å². The summed E-state index contributed by atoms with van der Waals surface area (Å²) >= 11 is 5.88. The largest absolute Gasteiger partial charge is 0.486 e. The molecule has 2 N–H and O–H groups in total. The number of hydrogen-bond acceptors (Lipinski definition) is 4. The molecule has 0 aliphatic carbocycles. The molecule has 3 rings (SSSR count). The van der Waals surface area contributed by atoms with E-state index in [9.17, 15) is 14.3 Å². The van der Waals surface area contributed by atoms with Gasteiger partial charge in [-0.15, -0.1) is 0 Å².